The van der Waals surface area contributed by atoms with Crippen molar-refractivity contribution in [2.24, 2.45) is 11.0 Å². The Morgan fingerprint density at radius 1 is 0.757 bits per heavy atom. The lowest BCUT2D eigenvalue weighted by atomic mass is 9.77. The number of nitrogens with zero attached hydrogens (tertiary/aromatic N) is 5. The van der Waals surface area contributed by atoms with Crippen LogP contribution in [-0.4, -0.2) is 20.5 Å². The maximum Gasteiger partial charge on any atom is 0.269 e. The Balaban J connectivity index is 1.56. The molecule has 1 fully saturated rings. The molecule has 0 radical (unpaired) electrons. The van der Waals surface area contributed by atoms with Crippen LogP contribution in [0.2, 0.25) is 0 Å². The number of benzene rings is 3. The lowest BCUT2D eigenvalue weighted by Gasteiger charge is -2.30. The normalized spacial score (nSPS) is 19.8. The van der Waals surface area contributed by atoms with E-state index in [1.807, 2.05) is 11.1 Å². The summed E-state index contributed by atoms with van der Waals surface area (Å²) in [6.45, 7) is 0. The first-order chi connectivity index (χ1) is 17.8. The second-order valence-electron chi connectivity index (χ2n) is 8.91. The van der Waals surface area contributed by atoms with E-state index in [0.717, 1.165) is 41.7 Å². The first kappa shape index (κ1) is 23.8. The van der Waals surface area contributed by atoms with Crippen LogP contribution in [0.15, 0.2) is 83.5 Å². The molecule has 5 rings (SSSR count). The van der Waals surface area contributed by atoms with Crippen LogP contribution in [0.3, 0.4) is 0 Å². The SMILES string of the molecule is O=[N+]([O-])c1ccc(/C=C2/CCC[C@@H]3C2=NN(c2ccc([N+](=O)[O-])cc2)[C@H]3c2ccc([N+](=O)[O-])cc2)cc1. The predicted molar refractivity (Wildman–Crippen MR) is 137 cm³/mol. The van der Waals surface area contributed by atoms with Crippen molar-refractivity contribution in [2.75, 3.05) is 5.01 Å². The summed E-state index contributed by atoms with van der Waals surface area (Å²) in [5.74, 6) is -0.00491. The molecule has 2 aliphatic rings. The van der Waals surface area contributed by atoms with E-state index in [-0.39, 0.29) is 29.0 Å². The third-order valence-corrected chi connectivity index (χ3v) is 6.72. The van der Waals surface area contributed by atoms with Crippen molar-refractivity contribution in [1.82, 2.24) is 0 Å². The molecule has 0 unspecified atom stereocenters. The van der Waals surface area contributed by atoms with Gasteiger partial charge in [-0.25, -0.2) is 0 Å². The van der Waals surface area contributed by atoms with Crippen LogP contribution >= 0.6 is 0 Å². The van der Waals surface area contributed by atoms with E-state index in [0.29, 0.717) is 5.69 Å². The predicted octanol–water partition coefficient (Wildman–Crippen LogP) is 6.21. The number of hydrogen-bond acceptors (Lipinski definition) is 8. The number of non-ortho nitro benzene ring substituents is 3. The summed E-state index contributed by atoms with van der Waals surface area (Å²) in [6, 6.07) is 18.6. The van der Waals surface area contributed by atoms with Gasteiger partial charge < -0.3 is 0 Å². The maximum atomic E-state index is 11.2. The van der Waals surface area contributed by atoms with Gasteiger partial charge in [-0.05, 0) is 66.3 Å². The zero-order chi connectivity index (χ0) is 26.1. The van der Waals surface area contributed by atoms with Crippen molar-refractivity contribution in [3.8, 4) is 0 Å². The number of hydrogen-bond donors (Lipinski definition) is 0. The van der Waals surface area contributed by atoms with Gasteiger partial charge in [-0.1, -0.05) is 12.1 Å². The van der Waals surface area contributed by atoms with Gasteiger partial charge in [0.2, 0.25) is 0 Å². The van der Waals surface area contributed by atoms with Gasteiger partial charge in [0.05, 0.1) is 32.2 Å². The second kappa shape index (κ2) is 9.61. The number of allylic oxidation sites excluding steroid dienone is 1. The molecule has 1 aliphatic carbocycles. The van der Waals surface area contributed by atoms with E-state index in [1.54, 1.807) is 36.4 Å². The van der Waals surface area contributed by atoms with Crippen molar-refractivity contribution in [3.05, 3.63) is 120 Å². The van der Waals surface area contributed by atoms with Gasteiger partial charge in [0, 0.05) is 42.3 Å². The van der Waals surface area contributed by atoms with Crippen LogP contribution in [0.1, 0.15) is 36.4 Å². The van der Waals surface area contributed by atoms with Gasteiger partial charge in [0.1, 0.15) is 0 Å². The number of hydrazone groups is 1. The molecule has 11 heteroatoms. The molecule has 3 aromatic carbocycles. The second-order valence-corrected chi connectivity index (χ2v) is 8.91. The fraction of sp³-hybridized carbons (Fsp3) is 0.192. The van der Waals surface area contributed by atoms with Crippen molar-refractivity contribution >= 4 is 34.5 Å². The largest absolute Gasteiger partial charge is 0.269 e. The van der Waals surface area contributed by atoms with Crippen molar-refractivity contribution in [3.63, 3.8) is 0 Å². The van der Waals surface area contributed by atoms with Gasteiger partial charge in [0.25, 0.3) is 17.1 Å². The summed E-state index contributed by atoms with van der Waals surface area (Å²) in [5.41, 5.74) is 4.22. The summed E-state index contributed by atoms with van der Waals surface area (Å²) >= 11 is 0. The van der Waals surface area contributed by atoms with Gasteiger partial charge >= 0.3 is 0 Å². The van der Waals surface area contributed by atoms with E-state index in [9.17, 15) is 30.3 Å². The molecule has 0 spiro atoms. The fourth-order valence-electron chi connectivity index (χ4n) is 4.96. The summed E-state index contributed by atoms with van der Waals surface area (Å²) < 4.78 is 0. The number of anilines is 1. The lowest BCUT2D eigenvalue weighted by Crippen LogP contribution is -2.28. The van der Waals surface area contributed by atoms with E-state index in [1.165, 1.54) is 36.4 Å². The Morgan fingerprint density at radius 2 is 1.27 bits per heavy atom. The molecule has 1 aliphatic heterocycles. The molecule has 1 heterocycles. The van der Waals surface area contributed by atoms with Crippen LogP contribution in [0.5, 0.6) is 0 Å². The van der Waals surface area contributed by atoms with Crippen molar-refractivity contribution in [2.45, 2.75) is 25.3 Å². The molecule has 2 atom stereocenters. The summed E-state index contributed by atoms with van der Waals surface area (Å²) in [5, 5.41) is 40.1. The zero-order valence-corrected chi connectivity index (χ0v) is 19.5. The Kier molecular flexibility index (Phi) is 6.18. The third kappa shape index (κ3) is 4.66. The molecule has 0 bridgehead atoms. The Labute approximate surface area is 210 Å². The molecular weight excluding hydrogens is 478 g/mol. The molecule has 186 valence electrons. The van der Waals surface area contributed by atoms with Gasteiger partial charge in [-0.15, -0.1) is 0 Å². The fourth-order valence-corrected chi connectivity index (χ4v) is 4.96. The zero-order valence-electron chi connectivity index (χ0n) is 19.5. The monoisotopic (exact) mass is 499 g/mol. The average molecular weight is 499 g/mol. The topological polar surface area (TPSA) is 145 Å². The van der Waals surface area contributed by atoms with Crippen LogP contribution in [0, 0.1) is 36.3 Å². The number of nitro groups is 3. The van der Waals surface area contributed by atoms with Crippen LogP contribution in [-0.2, 0) is 0 Å². The first-order valence-corrected chi connectivity index (χ1v) is 11.6. The molecule has 0 amide bonds. The van der Waals surface area contributed by atoms with Gasteiger partial charge in [0.15, 0.2) is 0 Å². The minimum atomic E-state index is -0.460. The smallest absolute Gasteiger partial charge is 0.258 e. The van der Waals surface area contributed by atoms with Crippen LogP contribution in [0.4, 0.5) is 22.7 Å². The number of nitro benzene ring substituents is 3. The van der Waals surface area contributed by atoms with E-state index >= 15 is 0 Å². The average Bonchev–Trinajstić information content (AvgIpc) is 3.30. The Morgan fingerprint density at radius 3 is 1.81 bits per heavy atom. The molecule has 0 N–H and O–H groups in total. The maximum absolute atomic E-state index is 11.2. The summed E-state index contributed by atoms with van der Waals surface area (Å²) in [6.07, 6.45) is 4.52. The molecule has 3 aromatic rings. The summed E-state index contributed by atoms with van der Waals surface area (Å²) in [4.78, 5) is 32.0. The van der Waals surface area contributed by atoms with Gasteiger partial charge in [-0.3, -0.25) is 35.4 Å². The lowest BCUT2D eigenvalue weighted by molar-refractivity contribution is -0.385. The van der Waals surface area contributed by atoms with E-state index < -0.39 is 14.8 Å². The van der Waals surface area contributed by atoms with Crippen LogP contribution in [0.25, 0.3) is 6.08 Å². The molecule has 0 aromatic heterocycles. The highest BCUT2D eigenvalue weighted by atomic mass is 16.6. The molecule has 37 heavy (non-hydrogen) atoms. The first-order valence-electron chi connectivity index (χ1n) is 11.6. The number of fused-ring (bicyclic) bond motifs is 1. The summed E-state index contributed by atoms with van der Waals surface area (Å²) in [7, 11) is 0. The minimum Gasteiger partial charge on any atom is -0.258 e. The van der Waals surface area contributed by atoms with Crippen molar-refractivity contribution < 1.29 is 14.8 Å². The minimum absolute atomic E-state index is 0.00491. The Hall–Kier alpha value is -4.93. The van der Waals surface area contributed by atoms with Crippen LogP contribution < -0.4 is 5.01 Å². The van der Waals surface area contributed by atoms with Crippen molar-refractivity contribution in [1.29, 1.82) is 0 Å². The van der Waals surface area contributed by atoms with E-state index in [4.69, 9.17) is 5.10 Å². The number of rotatable bonds is 6. The molecular formula is C26H21N5O6. The third-order valence-electron chi connectivity index (χ3n) is 6.72. The highest BCUT2D eigenvalue weighted by molar-refractivity contribution is 6.08. The Bertz CT molecular complexity index is 1430. The van der Waals surface area contributed by atoms with Gasteiger partial charge in [-0.2, -0.15) is 5.10 Å². The highest BCUT2D eigenvalue weighted by Crippen LogP contribution is 2.46. The highest BCUT2D eigenvalue weighted by Gasteiger charge is 2.42. The molecule has 1 saturated carbocycles. The molecule has 0 saturated heterocycles. The van der Waals surface area contributed by atoms with E-state index in [2.05, 4.69) is 0 Å². The quantitative estimate of drug-likeness (QED) is 0.289. The molecule has 11 nitrogen and oxygen atoms in total. The standard InChI is InChI=1S/C26H21N5O6/c32-29(33)21-8-4-17(5-9-21)16-19-2-1-3-24-25(19)27-28(20-12-14-23(15-13-20)31(36)37)26(24)18-6-10-22(11-7-18)30(34)35/h4-16,24,26H,1-3H2/b19-16-/t24-,26+/m1/s1.